The van der Waals surface area contributed by atoms with Gasteiger partial charge in [-0.15, -0.1) is 10.2 Å². The Kier molecular flexibility index (Phi) is 4.80. The van der Waals surface area contributed by atoms with Crippen molar-refractivity contribution in [3.8, 4) is 0 Å². The number of aromatic nitrogens is 3. The molecule has 0 saturated carbocycles. The van der Waals surface area contributed by atoms with Gasteiger partial charge in [0.25, 0.3) is 0 Å². The molecule has 8 heteroatoms. The Morgan fingerprint density at radius 3 is 2.97 bits per heavy atom. The fourth-order valence-electron chi connectivity index (χ4n) is 3.35. The molecule has 0 bridgehead atoms. The van der Waals surface area contributed by atoms with E-state index in [-0.39, 0.29) is 0 Å². The summed E-state index contributed by atoms with van der Waals surface area (Å²) < 4.78 is 6.34. The Balaban J connectivity index is 1.44. The first-order valence-corrected chi connectivity index (χ1v) is 10.8. The number of aliphatic imine (C=N–C) groups is 1. The van der Waals surface area contributed by atoms with Gasteiger partial charge in [-0.3, -0.25) is 0 Å². The predicted molar refractivity (Wildman–Crippen MR) is 123 cm³/mol. The van der Waals surface area contributed by atoms with Crippen LogP contribution in [0.1, 0.15) is 23.1 Å². The lowest BCUT2D eigenvalue weighted by Crippen LogP contribution is -2.11. The Morgan fingerprint density at radius 2 is 2.07 bits per heavy atom. The van der Waals surface area contributed by atoms with Crippen molar-refractivity contribution in [2.75, 3.05) is 0 Å². The van der Waals surface area contributed by atoms with Gasteiger partial charge in [-0.05, 0) is 42.8 Å². The normalized spacial score (nSPS) is 12.1. The van der Waals surface area contributed by atoms with Crippen LogP contribution in [0.2, 0.25) is 0 Å². The quantitative estimate of drug-likeness (QED) is 0.268. The maximum atomic E-state index is 12.4. The Labute approximate surface area is 183 Å². The topological polar surface area (TPSA) is 84.1 Å². The molecule has 0 radical (unpaired) electrons. The van der Waals surface area contributed by atoms with Crippen LogP contribution < -0.4 is 5.63 Å². The largest absolute Gasteiger partial charge is 0.422 e. The van der Waals surface area contributed by atoms with Gasteiger partial charge < -0.3 is 9.40 Å². The van der Waals surface area contributed by atoms with E-state index in [4.69, 9.17) is 4.42 Å². The molecule has 30 heavy (non-hydrogen) atoms. The number of nitrogens with zero attached hydrogens (tertiary/aromatic N) is 3. The highest BCUT2D eigenvalue weighted by molar-refractivity contribution is 9.10. The monoisotopic (exact) mass is 478 g/mol. The highest BCUT2D eigenvalue weighted by Gasteiger charge is 2.12. The fraction of sp³-hybridized carbons (Fsp3) is 0.0909. The van der Waals surface area contributed by atoms with Crippen molar-refractivity contribution in [3.63, 3.8) is 0 Å². The van der Waals surface area contributed by atoms with Crippen molar-refractivity contribution in [2.45, 2.75) is 13.3 Å². The van der Waals surface area contributed by atoms with Gasteiger partial charge in [-0.2, -0.15) is 0 Å². The summed E-state index contributed by atoms with van der Waals surface area (Å²) in [5.74, 6) is 0. The minimum Gasteiger partial charge on any atom is -0.422 e. The third-order valence-corrected chi connectivity index (χ3v) is 6.13. The molecule has 2 aromatic carbocycles. The number of para-hydroxylation sites is 1. The van der Waals surface area contributed by atoms with Crippen molar-refractivity contribution in [1.82, 2.24) is 15.2 Å². The zero-order valence-corrected chi connectivity index (χ0v) is 18.3. The summed E-state index contributed by atoms with van der Waals surface area (Å²) in [7, 11) is 0. The number of halogens is 1. The molecule has 0 saturated heterocycles. The number of benzene rings is 2. The minimum absolute atomic E-state index is 0.411. The van der Waals surface area contributed by atoms with Crippen LogP contribution in [-0.2, 0) is 6.42 Å². The van der Waals surface area contributed by atoms with Gasteiger partial charge in [-0.25, -0.2) is 9.79 Å². The highest BCUT2D eigenvalue weighted by atomic mass is 79.9. The van der Waals surface area contributed by atoms with E-state index in [9.17, 15) is 4.79 Å². The maximum absolute atomic E-state index is 12.4. The number of hydrogen-bond acceptors (Lipinski definition) is 6. The lowest BCUT2D eigenvalue weighted by atomic mass is 10.1. The molecule has 6 nitrogen and oxygen atoms in total. The lowest BCUT2D eigenvalue weighted by Gasteiger charge is -2.02. The first kappa shape index (κ1) is 18.9. The van der Waals surface area contributed by atoms with Gasteiger partial charge in [0.1, 0.15) is 10.6 Å². The molecule has 5 aromatic rings. The summed E-state index contributed by atoms with van der Waals surface area (Å²) in [5.41, 5.74) is 3.33. The molecule has 0 unspecified atom stereocenters. The fourth-order valence-corrected chi connectivity index (χ4v) is 4.52. The van der Waals surface area contributed by atoms with Gasteiger partial charge in [0.2, 0.25) is 5.13 Å². The summed E-state index contributed by atoms with van der Waals surface area (Å²) in [4.78, 5) is 20.2. The average Bonchev–Trinajstić information content (AvgIpc) is 3.35. The molecule has 148 valence electrons. The van der Waals surface area contributed by atoms with Crippen molar-refractivity contribution in [3.05, 3.63) is 85.8 Å². The van der Waals surface area contributed by atoms with Crippen LogP contribution in [0.4, 0.5) is 5.13 Å². The van der Waals surface area contributed by atoms with Crippen LogP contribution in [-0.4, -0.2) is 20.9 Å². The van der Waals surface area contributed by atoms with Gasteiger partial charge in [0.15, 0.2) is 0 Å². The van der Waals surface area contributed by atoms with Crippen LogP contribution in [0.25, 0.3) is 21.9 Å². The van der Waals surface area contributed by atoms with Gasteiger partial charge >= 0.3 is 5.63 Å². The molecular formula is C22H15BrN4O2S. The molecule has 5 rings (SSSR count). The number of H-pyrrole nitrogens is 1. The minimum atomic E-state index is -0.422. The number of aromatic amines is 1. The van der Waals surface area contributed by atoms with Crippen LogP contribution >= 0.6 is 27.3 Å². The van der Waals surface area contributed by atoms with Crippen LogP contribution in [0.15, 0.2) is 73.4 Å². The molecule has 0 aliphatic heterocycles. The molecule has 0 aliphatic carbocycles. The van der Waals surface area contributed by atoms with E-state index in [0.29, 0.717) is 28.4 Å². The lowest BCUT2D eigenvalue weighted by molar-refractivity contribution is 0.559. The first-order chi connectivity index (χ1) is 14.6. The molecule has 3 heterocycles. The zero-order chi connectivity index (χ0) is 20.7. The van der Waals surface area contributed by atoms with Crippen molar-refractivity contribution in [2.24, 2.45) is 4.99 Å². The highest BCUT2D eigenvalue weighted by Crippen LogP contribution is 2.26. The van der Waals surface area contributed by atoms with E-state index < -0.39 is 5.63 Å². The third-order valence-electron chi connectivity index (χ3n) is 4.82. The average molecular weight is 479 g/mol. The van der Waals surface area contributed by atoms with E-state index in [1.165, 1.54) is 16.7 Å². The number of nitrogens with one attached hydrogen (secondary N) is 1. The van der Waals surface area contributed by atoms with Crippen molar-refractivity contribution in [1.29, 1.82) is 0 Å². The SMILES string of the molecule is C/C(=N/c1nnc(Cc2c[nH]c3ccccc23)s1)c1cc2cc(Br)ccc2oc1=O. The predicted octanol–water partition coefficient (Wildman–Crippen LogP) is 5.62. The summed E-state index contributed by atoms with van der Waals surface area (Å²) in [6.45, 7) is 1.77. The van der Waals surface area contributed by atoms with E-state index in [2.05, 4.69) is 42.2 Å². The maximum Gasteiger partial charge on any atom is 0.345 e. The van der Waals surface area contributed by atoms with Crippen molar-refractivity contribution < 1.29 is 4.42 Å². The molecule has 0 aliphatic rings. The van der Waals surface area contributed by atoms with Crippen molar-refractivity contribution >= 4 is 60.0 Å². The summed E-state index contributed by atoms with van der Waals surface area (Å²) in [6.07, 6.45) is 2.67. The molecule has 0 fully saturated rings. The van der Waals surface area contributed by atoms with Gasteiger partial charge in [0.05, 0.1) is 11.3 Å². The van der Waals surface area contributed by atoms with Gasteiger partial charge in [-0.1, -0.05) is 45.5 Å². The molecule has 0 amide bonds. The second-order valence-electron chi connectivity index (χ2n) is 6.84. The zero-order valence-electron chi connectivity index (χ0n) is 15.8. The standard InChI is InChI=1S/C22H15BrN4O2S/c1-12(17-9-13-8-15(23)6-7-19(13)29-21(17)28)25-22-27-26-20(30-22)10-14-11-24-18-5-3-2-4-16(14)18/h2-9,11,24H,10H2,1H3/b25-12-. The molecule has 1 N–H and O–H groups in total. The van der Waals surface area contributed by atoms with E-state index >= 15 is 0 Å². The molecular weight excluding hydrogens is 464 g/mol. The molecule has 0 atom stereocenters. The first-order valence-electron chi connectivity index (χ1n) is 9.23. The number of fused-ring (bicyclic) bond motifs is 2. The molecule has 3 aromatic heterocycles. The second-order valence-corrected chi connectivity index (χ2v) is 8.80. The Bertz CT molecular complexity index is 1480. The Morgan fingerprint density at radius 1 is 1.20 bits per heavy atom. The van der Waals surface area contributed by atoms with E-state index in [1.807, 2.05) is 36.5 Å². The second kappa shape index (κ2) is 7.62. The third kappa shape index (κ3) is 3.59. The summed E-state index contributed by atoms with van der Waals surface area (Å²) in [5, 5.41) is 11.8. The number of rotatable bonds is 4. The molecule has 0 spiro atoms. The Hall–Kier alpha value is -3.10. The summed E-state index contributed by atoms with van der Waals surface area (Å²) in [6, 6.07) is 15.4. The van der Waals surface area contributed by atoms with E-state index in [0.717, 1.165) is 25.9 Å². The number of hydrogen-bond donors (Lipinski definition) is 1. The van der Waals surface area contributed by atoms with Crippen LogP contribution in [0.5, 0.6) is 0 Å². The van der Waals surface area contributed by atoms with Gasteiger partial charge in [0, 0.05) is 33.4 Å². The summed E-state index contributed by atoms with van der Waals surface area (Å²) >= 11 is 4.85. The smallest absolute Gasteiger partial charge is 0.345 e. The van der Waals surface area contributed by atoms with Crippen LogP contribution in [0, 0.1) is 0 Å². The van der Waals surface area contributed by atoms with Crippen LogP contribution in [0.3, 0.4) is 0 Å². The van der Waals surface area contributed by atoms with E-state index in [1.54, 1.807) is 19.1 Å².